The quantitative estimate of drug-likeness (QED) is 0.570. The van der Waals surface area contributed by atoms with Crippen LogP contribution in [0.2, 0.25) is 0 Å². The number of morpholine rings is 1. The number of urea groups is 1. The van der Waals surface area contributed by atoms with Crippen LogP contribution in [0.4, 0.5) is 22.3 Å². The maximum Gasteiger partial charge on any atom is 0.319 e. The Hall–Kier alpha value is -3.73. The molecule has 0 saturated carbocycles. The van der Waals surface area contributed by atoms with Gasteiger partial charge in [-0.1, -0.05) is 5.10 Å². The summed E-state index contributed by atoms with van der Waals surface area (Å²) in [4.78, 5) is 26.2. The van der Waals surface area contributed by atoms with Crippen LogP contribution in [-0.4, -0.2) is 65.1 Å². The van der Waals surface area contributed by atoms with Gasteiger partial charge in [-0.25, -0.2) is 14.8 Å². The third-order valence-corrected chi connectivity index (χ3v) is 6.21. The highest BCUT2D eigenvalue weighted by atomic mass is 16.5. The Morgan fingerprint density at radius 3 is 2.71 bits per heavy atom. The second-order valence-electron chi connectivity index (χ2n) is 8.75. The molecule has 35 heavy (non-hydrogen) atoms. The summed E-state index contributed by atoms with van der Waals surface area (Å²) in [5.74, 6) is 2.15. The van der Waals surface area contributed by atoms with Gasteiger partial charge in [0.2, 0.25) is 5.89 Å². The second kappa shape index (κ2) is 9.87. The van der Waals surface area contributed by atoms with Crippen LogP contribution in [0.15, 0.2) is 28.7 Å². The van der Waals surface area contributed by atoms with Gasteiger partial charge in [-0.05, 0) is 44.5 Å². The Kier molecular flexibility index (Phi) is 6.49. The van der Waals surface area contributed by atoms with E-state index in [1.807, 2.05) is 31.2 Å². The minimum absolute atomic E-state index is 0.218. The van der Waals surface area contributed by atoms with E-state index >= 15 is 0 Å². The van der Waals surface area contributed by atoms with E-state index in [1.54, 1.807) is 6.92 Å². The van der Waals surface area contributed by atoms with Crippen LogP contribution in [0.25, 0.3) is 11.4 Å². The molecule has 5 rings (SSSR count). The number of rotatable bonds is 5. The monoisotopic (exact) mass is 478 g/mol. The number of fused-ring (bicyclic) bond motifs is 1. The van der Waals surface area contributed by atoms with Crippen molar-refractivity contribution in [2.75, 3.05) is 48.0 Å². The molecule has 0 radical (unpaired) electrons. The summed E-state index contributed by atoms with van der Waals surface area (Å²) in [6.45, 7) is 9.83. The van der Waals surface area contributed by atoms with Crippen LogP contribution in [0, 0.1) is 6.92 Å². The molecule has 1 fully saturated rings. The molecule has 1 atom stereocenters. The highest BCUT2D eigenvalue weighted by molar-refractivity contribution is 5.89. The fourth-order valence-corrected chi connectivity index (χ4v) is 4.43. The van der Waals surface area contributed by atoms with Crippen LogP contribution in [-0.2, 0) is 17.7 Å². The average Bonchev–Trinajstić information content (AvgIpc) is 3.30. The minimum atomic E-state index is -0.231. The first kappa shape index (κ1) is 23.0. The first-order valence-corrected chi connectivity index (χ1v) is 12.0. The SMILES string of the molecule is CCNC(=O)Nc1ccc(-c2nc3c(c(N4CCOC[C@@H]4C)n2)CCN(c2nnc(C)o2)C3)cc1. The van der Waals surface area contributed by atoms with E-state index in [0.29, 0.717) is 49.7 Å². The topological polar surface area (TPSA) is 122 Å². The first-order chi connectivity index (χ1) is 17.0. The third kappa shape index (κ3) is 4.90. The van der Waals surface area contributed by atoms with Gasteiger partial charge in [-0.2, -0.15) is 0 Å². The molecule has 0 spiro atoms. The Bertz CT molecular complexity index is 1200. The zero-order valence-electron chi connectivity index (χ0n) is 20.2. The number of benzene rings is 1. The molecular weight excluding hydrogens is 448 g/mol. The molecule has 11 heteroatoms. The normalized spacial score (nSPS) is 17.7. The fraction of sp³-hybridized carbons (Fsp3) is 0.458. The van der Waals surface area contributed by atoms with Crippen molar-refractivity contribution in [1.29, 1.82) is 0 Å². The summed E-state index contributed by atoms with van der Waals surface area (Å²) in [6.07, 6.45) is 0.784. The predicted molar refractivity (Wildman–Crippen MR) is 132 cm³/mol. The van der Waals surface area contributed by atoms with Crippen molar-refractivity contribution in [3.8, 4) is 11.4 Å². The van der Waals surface area contributed by atoms with Gasteiger partial charge < -0.3 is 29.6 Å². The predicted octanol–water partition coefficient (Wildman–Crippen LogP) is 2.76. The van der Waals surface area contributed by atoms with Crippen LogP contribution < -0.4 is 20.4 Å². The standard InChI is InChI=1S/C24H30N8O3/c1-4-25-23(33)26-18-7-5-17(6-8-18)21-27-20-13-31(24-30-29-16(3)35-24)10-9-19(20)22(28-21)32-11-12-34-14-15(32)2/h5-8,15H,4,9-14H2,1-3H3,(H2,25,26,33)/t15-/m0/s1. The first-order valence-electron chi connectivity index (χ1n) is 12.0. The van der Waals surface area contributed by atoms with Gasteiger partial charge in [-0.15, -0.1) is 5.10 Å². The summed E-state index contributed by atoms with van der Waals surface area (Å²) in [6, 6.07) is 8.07. The lowest BCUT2D eigenvalue weighted by molar-refractivity contribution is 0.0984. The molecule has 0 unspecified atom stereocenters. The van der Waals surface area contributed by atoms with Crippen LogP contribution in [0.5, 0.6) is 0 Å². The number of nitrogens with zero attached hydrogens (tertiary/aromatic N) is 6. The fourth-order valence-electron chi connectivity index (χ4n) is 4.43. The Balaban J connectivity index is 1.49. The molecular formula is C24H30N8O3. The van der Waals surface area contributed by atoms with Crippen molar-refractivity contribution in [3.05, 3.63) is 41.4 Å². The second-order valence-corrected chi connectivity index (χ2v) is 8.75. The maximum atomic E-state index is 11.8. The van der Waals surface area contributed by atoms with E-state index < -0.39 is 0 Å². The molecule has 0 bridgehead atoms. The minimum Gasteiger partial charge on any atom is -0.408 e. The number of amides is 2. The van der Waals surface area contributed by atoms with Crippen molar-refractivity contribution in [2.45, 2.75) is 39.8 Å². The van der Waals surface area contributed by atoms with Gasteiger partial charge >= 0.3 is 12.0 Å². The van der Waals surface area contributed by atoms with Crippen molar-refractivity contribution < 1.29 is 13.9 Å². The molecule has 2 amide bonds. The molecule has 2 aromatic heterocycles. The number of aryl methyl sites for hydroxylation is 1. The molecule has 3 aromatic rings. The van der Waals surface area contributed by atoms with Crippen molar-refractivity contribution in [3.63, 3.8) is 0 Å². The number of aromatic nitrogens is 4. The van der Waals surface area contributed by atoms with Crippen molar-refractivity contribution >= 4 is 23.6 Å². The van der Waals surface area contributed by atoms with Crippen LogP contribution in [0.1, 0.15) is 31.0 Å². The molecule has 1 aromatic carbocycles. The van der Waals surface area contributed by atoms with E-state index in [9.17, 15) is 4.79 Å². The molecule has 0 aliphatic carbocycles. The summed E-state index contributed by atoms with van der Waals surface area (Å²) in [5.41, 5.74) is 3.69. The number of anilines is 3. The summed E-state index contributed by atoms with van der Waals surface area (Å²) in [5, 5.41) is 13.7. The molecule has 2 aliphatic heterocycles. The smallest absolute Gasteiger partial charge is 0.319 e. The number of nitrogens with one attached hydrogen (secondary N) is 2. The lowest BCUT2D eigenvalue weighted by atomic mass is 10.0. The van der Waals surface area contributed by atoms with E-state index in [1.165, 1.54) is 0 Å². The van der Waals surface area contributed by atoms with Gasteiger partial charge in [0.05, 0.1) is 31.5 Å². The van der Waals surface area contributed by atoms with Crippen molar-refractivity contribution in [1.82, 2.24) is 25.5 Å². The highest BCUT2D eigenvalue weighted by Gasteiger charge is 2.30. The number of hydrogen-bond acceptors (Lipinski definition) is 9. The zero-order valence-corrected chi connectivity index (χ0v) is 20.2. The van der Waals surface area contributed by atoms with Gasteiger partial charge in [0.1, 0.15) is 5.82 Å². The molecule has 1 saturated heterocycles. The maximum absolute atomic E-state index is 11.8. The van der Waals surface area contributed by atoms with E-state index in [0.717, 1.165) is 42.1 Å². The third-order valence-electron chi connectivity index (χ3n) is 6.21. The van der Waals surface area contributed by atoms with Gasteiger partial charge in [0.15, 0.2) is 5.82 Å². The molecule has 2 N–H and O–H groups in total. The number of carbonyl (C=O) groups excluding carboxylic acids is 1. The summed E-state index contributed by atoms with van der Waals surface area (Å²) in [7, 11) is 0. The molecule has 2 aliphatic rings. The summed E-state index contributed by atoms with van der Waals surface area (Å²) < 4.78 is 11.3. The Morgan fingerprint density at radius 1 is 1.17 bits per heavy atom. The van der Waals surface area contributed by atoms with E-state index in [4.69, 9.17) is 19.1 Å². The Labute approximate surface area is 203 Å². The number of ether oxygens (including phenoxy) is 1. The van der Waals surface area contributed by atoms with Gasteiger partial charge in [0.25, 0.3) is 0 Å². The van der Waals surface area contributed by atoms with E-state index in [2.05, 4.69) is 37.6 Å². The van der Waals surface area contributed by atoms with Gasteiger partial charge in [0, 0.05) is 43.4 Å². The highest BCUT2D eigenvalue weighted by Crippen LogP contribution is 2.32. The zero-order chi connectivity index (χ0) is 24.4. The largest absolute Gasteiger partial charge is 0.408 e. The van der Waals surface area contributed by atoms with Gasteiger partial charge in [-0.3, -0.25) is 0 Å². The molecule has 4 heterocycles. The Morgan fingerprint density at radius 2 is 2.00 bits per heavy atom. The average molecular weight is 479 g/mol. The van der Waals surface area contributed by atoms with Crippen LogP contribution >= 0.6 is 0 Å². The number of carbonyl (C=O) groups is 1. The lowest BCUT2D eigenvalue weighted by Gasteiger charge is -2.37. The molecule has 11 nitrogen and oxygen atoms in total. The number of hydrogen-bond donors (Lipinski definition) is 2. The molecule has 184 valence electrons. The lowest BCUT2D eigenvalue weighted by Crippen LogP contribution is -2.45. The van der Waals surface area contributed by atoms with Crippen molar-refractivity contribution in [2.24, 2.45) is 0 Å². The van der Waals surface area contributed by atoms with Crippen LogP contribution in [0.3, 0.4) is 0 Å². The summed E-state index contributed by atoms with van der Waals surface area (Å²) >= 11 is 0. The van der Waals surface area contributed by atoms with E-state index in [-0.39, 0.29) is 12.1 Å².